The number of aromatic nitrogens is 2. The van der Waals surface area contributed by atoms with Gasteiger partial charge in [-0.2, -0.15) is 0 Å². The summed E-state index contributed by atoms with van der Waals surface area (Å²) in [6.07, 6.45) is 5.70. The molecule has 0 aromatic carbocycles. The molecule has 1 aliphatic rings. The summed E-state index contributed by atoms with van der Waals surface area (Å²) in [6, 6.07) is 0. The Morgan fingerprint density at radius 2 is 2.56 bits per heavy atom. The number of aryl methyl sites for hydroxylation is 1. The largest absolute Gasteiger partial charge is 0.332 e. The summed E-state index contributed by atoms with van der Waals surface area (Å²) in [5.74, 6) is 0.697. The van der Waals surface area contributed by atoms with Crippen molar-refractivity contribution in [1.29, 1.82) is 0 Å². The molecule has 2 unspecified atom stereocenters. The van der Waals surface area contributed by atoms with E-state index < -0.39 is 6.17 Å². The zero-order valence-corrected chi connectivity index (χ0v) is 9.82. The van der Waals surface area contributed by atoms with Gasteiger partial charge in [0.25, 0.3) is 0 Å². The van der Waals surface area contributed by atoms with Crippen molar-refractivity contribution in [2.24, 2.45) is 5.92 Å². The van der Waals surface area contributed by atoms with Crippen LogP contribution in [-0.4, -0.2) is 22.6 Å². The van der Waals surface area contributed by atoms with Crippen LogP contribution in [-0.2, 0) is 6.54 Å². The number of hydrogen-bond acceptors (Lipinski definition) is 2. The first-order valence-electron chi connectivity index (χ1n) is 6.18. The number of imidazole rings is 1. The fourth-order valence-corrected chi connectivity index (χ4v) is 2.34. The molecule has 0 amide bonds. The first-order valence-corrected chi connectivity index (χ1v) is 6.18. The van der Waals surface area contributed by atoms with Gasteiger partial charge in [-0.15, -0.1) is 0 Å². The van der Waals surface area contributed by atoms with Crippen LogP contribution >= 0.6 is 0 Å². The second-order valence-corrected chi connectivity index (χ2v) is 4.49. The van der Waals surface area contributed by atoms with E-state index >= 15 is 0 Å². The van der Waals surface area contributed by atoms with E-state index in [1.54, 1.807) is 6.20 Å². The molecular formula is C12H20FN3. The van der Waals surface area contributed by atoms with Gasteiger partial charge in [-0.05, 0) is 25.8 Å². The van der Waals surface area contributed by atoms with E-state index in [4.69, 9.17) is 0 Å². The molecule has 1 aliphatic heterocycles. The van der Waals surface area contributed by atoms with Gasteiger partial charge in [0.05, 0.1) is 0 Å². The molecule has 2 atom stereocenters. The Kier molecular flexibility index (Phi) is 3.93. The van der Waals surface area contributed by atoms with Crippen LogP contribution in [0.25, 0.3) is 0 Å². The zero-order chi connectivity index (χ0) is 11.4. The lowest BCUT2D eigenvalue weighted by Crippen LogP contribution is -2.33. The summed E-state index contributed by atoms with van der Waals surface area (Å²) in [5, 5.41) is 3.25. The van der Waals surface area contributed by atoms with Crippen molar-refractivity contribution in [2.75, 3.05) is 13.1 Å². The summed E-state index contributed by atoms with van der Waals surface area (Å²) in [5.41, 5.74) is 0. The minimum Gasteiger partial charge on any atom is -0.332 e. The molecule has 4 heteroatoms. The van der Waals surface area contributed by atoms with Crippen LogP contribution in [0.15, 0.2) is 12.4 Å². The smallest absolute Gasteiger partial charge is 0.162 e. The molecule has 0 spiro atoms. The lowest BCUT2D eigenvalue weighted by Gasteiger charge is -2.25. The van der Waals surface area contributed by atoms with Crippen LogP contribution < -0.4 is 5.32 Å². The van der Waals surface area contributed by atoms with E-state index in [0.717, 1.165) is 38.9 Å². The van der Waals surface area contributed by atoms with Gasteiger partial charge in [0.1, 0.15) is 5.82 Å². The summed E-state index contributed by atoms with van der Waals surface area (Å²) >= 11 is 0. The van der Waals surface area contributed by atoms with Crippen molar-refractivity contribution in [3.63, 3.8) is 0 Å². The number of piperidine rings is 1. The number of rotatable bonds is 4. The first-order chi connectivity index (χ1) is 7.83. The van der Waals surface area contributed by atoms with Crippen LogP contribution in [0, 0.1) is 5.92 Å². The van der Waals surface area contributed by atoms with E-state index in [2.05, 4.69) is 17.2 Å². The molecular weight excluding hydrogens is 205 g/mol. The molecule has 1 fully saturated rings. The van der Waals surface area contributed by atoms with Crippen LogP contribution in [0.5, 0.6) is 0 Å². The third-order valence-corrected chi connectivity index (χ3v) is 3.21. The highest BCUT2D eigenvalue weighted by Crippen LogP contribution is 2.29. The molecule has 1 saturated heterocycles. The molecule has 1 aromatic rings. The van der Waals surface area contributed by atoms with E-state index in [1.165, 1.54) is 0 Å². The van der Waals surface area contributed by atoms with E-state index in [1.807, 2.05) is 10.8 Å². The second kappa shape index (κ2) is 5.43. The van der Waals surface area contributed by atoms with Crippen LogP contribution in [0.2, 0.25) is 0 Å². The minimum atomic E-state index is -0.922. The maximum Gasteiger partial charge on any atom is 0.162 e. The Morgan fingerprint density at radius 3 is 3.25 bits per heavy atom. The summed E-state index contributed by atoms with van der Waals surface area (Å²) < 4.78 is 16.3. The third kappa shape index (κ3) is 2.43. The molecule has 90 valence electrons. The van der Waals surface area contributed by atoms with Gasteiger partial charge >= 0.3 is 0 Å². The maximum absolute atomic E-state index is 14.3. The van der Waals surface area contributed by atoms with Crippen molar-refractivity contribution in [3.8, 4) is 0 Å². The van der Waals surface area contributed by atoms with Crippen LogP contribution in [0.4, 0.5) is 4.39 Å². The molecule has 1 N–H and O–H groups in total. The van der Waals surface area contributed by atoms with Gasteiger partial charge < -0.3 is 9.88 Å². The summed E-state index contributed by atoms with van der Waals surface area (Å²) in [7, 11) is 0. The monoisotopic (exact) mass is 225 g/mol. The van der Waals surface area contributed by atoms with Gasteiger partial charge in [0.2, 0.25) is 0 Å². The number of alkyl halides is 1. The van der Waals surface area contributed by atoms with E-state index in [0.29, 0.717) is 5.82 Å². The Hall–Kier alpha value is -0.900. The molecule has 0 radical (unpaired) electrons. The SMILES string of the molecule is CCCn1ccnc1C(F)C1CCCNC1. The van der Waals surface area contributed by atoms with Crippen LogP contribution in [0.1, 0.15) is 38.2 Å². The lowest BCUT2D eigenvalue weighted by molar-refractivity contribution is 0.180. The molecule has 0 saturated carbocycles. The van der Waals surface area contributed by atoms with Crippen molar-refractivity contribution in [1.82, 2.24) is 14.9 Å². The van der Waals surface area contributed by atoms with Crippen LogP contribution in [0.3, 0.4) is 0 Å². The quantitative estimate of drug-likeness (QED) is 0.852. The molecule has 0 aliphatic carbocycles. The van der Waals surface area contributed by atoms with Crippen molar-refractivity contribution < 1.29 is 4.39 Å². The Labute approximate surface area is 96.1 Å². The van der Waals surface area contributed by atoms with E-state index in [-0.39, 0.29) is 5.92 Å². The number of halogens is 1. The van der Waals surface area contributed by atoms with Crippen molar-refractivity contribution >= 4 is 0 Å². The van der Waals surface area contributed by atoms with Crippen molar-refractivity contribution in [2.45, 2.75) is 38.9 Å². The second-order valence-electron chi connectivity index (χ2n) is 4.49. The Balaban J connectivity index is 2.06. The number of nitrogens with one attached hydrogen (secondary N) is 1. The maximum atomic E-state index is 14.3. The predicted octanol–water partition coefficient (Wildman–Crippen LogP) is 2.30. The molecule has 3 nitrogen and oxygen atoms in total. The highest BCUT2D eigenvalue weighted by molar-refractivity contribution is 4.99. The highest BCUT2D eigenvalue weighted by Gasteiger charge is 2.27. The molecule has 0 bridgehead atoms. The minimum absolute atomic E-state index is 0.0896. The zero-order valence-electron chi connectivity index (χ0n) is 9.82. The normalized spacial score (nSPS) is 23.2. The Bertz CT molecular complexity index is 318. The van der Waals surface area contributed by atoms with Crippen molar-refractivity contribution in [3.05, 3.63) is 18.2 Å². The standard InChI is InChI=1S/C12H20FN3/c1-2-7-16-8-6-15-12(16)11(13)10-4-3-5-14-9-10/h6,8,10-11,14H,2-5,7,9H2,1H3. The summed E-state index contributed by atoms with van der Waals surface area (Å²) in [6.45, 7) is 4.75. The average molecular weight is 225 g/mol. The highest BCUT2D eigenvalue weighted by atomic mass is 19.1. The average Bonchev–Trinajstić information content (AvgIpc) is 2.78. The van der Waals surface area contributed by atoms with Gasteiger partial charge in [-0.25, -0.2) is 9.37 Å². The fourth-order valence-electron chi connectivity index (χ4n) is 2.34. The lowest BCUT2D eigenvalue weighted by atomic mass is 9.94. The van der Waals surface area contributed by atoms with Gasteiger partial charge in [0.15, 0.2) is 6.17 Å². The van der Waals surface area contributed by atoms with E-state index in [9.17, 15) is 4.39 Å². The fraction of sp³-hybridized carbons (Fsp3) is 0.750. The third-order valence-electron chi connectivity index (χ3n) is 3.21. The molecule has 1 aromatic heterocycles. The van der Waals surface area contributed by atoms with Gasteiger partial charge in [-0.1, -0.05) is 6.92 Å². The Morgan fingerprint density at radius 1 is 1.69 bits per heavy atom. The topological polar surface area (TPSA) is 29.9 Å². The molecule has 2 rings (SSSR count). The molecule has 2 heterocycles. The van der Waals surface area contributed by atoms with Gasteiger partial charge in [-0.3, -0.25) is 0 Å². The van der Waals surface area contributed by atoms with Gasteiger partial charge in [0, 0.05) is 31.4 Å². The summed E-state index contributed by atoms with van der Waals surface area (Å²) in [4.78, 5) is 4.17. The predicted molar refractivity (Wildman–Crippen MR) is 62.0 cm³/mol. The first kappa shape index (κ1) is 11.6. The molecule has 16 heavy (non-hydrogen) atoms. The number of nitrogens with zero attached hydrogens (tertiary/aromatic N) is 2. The number of hydrogen-bond donors (Lipinski definition) is 1.